The number of aliphatic hydroxyl groups is 1. The molecule has 3 atom stereocenters. The van der Waals surface area contributed by atoms with Crippen LogP contribution in [0.5, 0.6) is 0 Å². The normalized spacial score (nSPS) is 24.9. The summed E-state index contributed by atoms with van der Waals surface area (Å²) >= 11 is 0. The molecule has 0 radical (unpaired) electrons. The van der Waals surface area contributed by atoms with Crippen molar-refractivity contribution in [1.29, 1.82) is 0 Å². The molecule has 0 aromatic rings. The Bertz CT molecular complexity index is 267. The van der Waals surface area contributed by atoms with Gasteiger partial charge in [-0.15, -0.1) is 0 Å². The van der Waals surface area contributed by atoms with Crippen LogP contribution in [-0.2, 0) is 9.59 Å². The number of hydrogen-bond donors (Lipinski definition) is 3. The molecule has 0 bridgehead atoms. The van der Waals surface area contributed by atoms with E-state index in [4.69, 9.17) is 10.2 Å². The molecule has 1 rings (SSSR count). The van der Waals surface area contributed by atoms with Gasteiger partial charge in [-0.25, -0.2) is 0 Å². The van der Waals surface area contributed by atoms with Crippen LogP contribution in [0, 0.1) is 17.8 Å². The molecule has 0 aromatic carbocycles. The third-order valence-electron chi connectivity index (χ3n) is 3.12. The van der Waals surface area contributed by atoms with Crippen molar-refractivity contribution in [2.24, 2.45) is 17.8 Å². The van der Waals surface area contributed by atoms with Crippen LogP contribution >= 0.6 is 0 Å². The number of carboxylic acid groups (broad SMARTS) is 1. The minimum atomic E-state index is -0.887. The molecule has 0 aliphatic heterocycles. The summed E-state index contributed by atoms with van der Waals surface area (Å²) < 4.78 is 0. The first kappa shape index (κ1) is 13.0. The Morgan fingerprint density at radius 2 is 2.12 bits per heavy atom. The van der Waals surface area contributed by atoms with Crippen molar-refractivity contribution < 1.29 is 19.8 Å². The third kappa shape index (κ3) is 3.48. The predicted octanol–water partition coefficient (Wildman–Crippen LogP) is 0.232. The largest absolute Gasteiger partial charge is 0.481 e. The maximum Gasteiger partial charge on any atom is 0.307 e. The van der Waals surface area contributed by atoms with Gasteiger partial charge in [0.05, 0.1) is 11.8 Å². The lowest BCUT2D eigenvalue weighted by Gasteiger charge is -2.14. The summed E-state index contributed by atoms with van der Waals surface area (Å²) in [5.74, 6) is -1.61. The van der Waals surface area contributed by atoms with Crippen molar-refractivity contribution in [1.82, 2.24) is 5.32 Å². The molecule has 1 fully saturated rings. The van der Waals surface area contributed by atoms with Crippen LogP contribution < -0.4 is 5.32 Å². The molecule has 5 heteroatoms. The first-order chi connectivity index (χ1) is 7.60. The second-order valence-corrected chi connectivity index (χ2v) is 4.32. The van der Waals surface area contributed by atoms with E-state index < -0.39 is 11.9 Å². The van der Waals surface area contributed by atoms with E-state index >= 15 is 0 Å². The molecule has 1 unspecified atom stereocenters. The summed E-state index contributed by atoms with van der Waals surface area (Å²) in [6, 6.07) is 0. The molecule has 1 saturated carbocycles. The lowest BCUT2D eigenvalue weighted by atomic mass is 10.0. The maximum absolute atomic E-state index is 11.5. The van der Waals surface area contributed by atoms with E-state index in [9.17, 15) is 9.59 Å². The zero-order valence-electron chi connectivity index (χ0n) is 9.48. The van der Waals surface area contributed by atoms with Gasteiger partial charge in [-0.2, -0.15) is 0 Å². The summed E-state index contributed by atoms with van der Waals surface area (Å²) in [6.45, 7) is 2.65. The van der Waals surface area contributed by atoms with Gasteiger partial charge in [0.2, 0.25) is 5.91 Å². The van der Waals surface area contributed by atoms with E-state index in [1.165, 1.54) is 0 Å². The second kappa shape index (κ2) is 5.84. The number of carboxylic acids is 1. The fourth-order valence-corrected chi connectivity index (χ4v) is 1.77. The van der Waals surface area contributed by atoms with Gasteiger partial charge in [-0.05, 0) is 18.8 Å². The molecule has 92 valence electrons. The topological polar surface area (TPSA) is 86.6 Å². The van der Waals surface area contributed by atoms with Crippen LogP contribution in [0.3, 0.4) is 0 Å². The summed E-state index contributed by atoms with van der Waals surface area (Å²) in [4.78, 5) is 22.1. The number of hydrogen-bond acceptors (Lipinski definition) is 3. The van der Waals surface area contributed by atoms with E-state index in [0.717, 1.165) is 6.42 Å². The Labute approximate surface area is 94.8 Å². The third-order valence-corrected chi connectivity index (χ3v) is 3.12. The maximum atomic E-state index is 11.5. The van der Waals surface area contributed by atoms with Crippen molar-refractivity contribution in [3.63, 3.8) is 0 Å². The van der Waals surface area contributed by atoms with Crippen molar-refractivity contribution in [3.05, 3.63) is 0 Å². The first-order valence-electron chi connectivity index (χ1n) is 5.71. The summed E-state index contributed by atoms with van der Waals surface area (Å²) in [7, 11) is 0. The van der Waals surface area contributed by atoms with Crippen LogP contribution in [0.1, 0.15) is 26.2 Å². The van der Waals surface area contributed by atoms with Gasteiger partial charge >= 0.3 is 5.97 Å². The van der Waals surface area contributed by atoms with Gasteiger partial charge in [-0.3, -0.25) is 9.59 Å². The Morgan fingerprint density at radius 3 is 2.56 bits per heavy atom. The number of rotatable bonds is 7. The molecule has 1 amide bonds. The lowest BCUT2D eigenvalue weighted by molar-refractivity contribution is -0.140. The van der Waals surface area contributed by atoms with Gasteiger partial charge in [-0.1, -0.05) is 13.3 Å². The summed E-state index contributed by atoms with van der Waals surface area (Å²) in [6.07, 6.45) is 2.02. The molecule has 0 aromatic heterocycles. The standard InChI is InChI=1S/C11H19NO4/c1-2-7(3-4-13)6-12-10(14)8-5-9(8)11(15)16/h7-9,13H,2-6H2,1H3,(H,12,14)(H,15,16)/t7?,8-,9+/m1/s1. The monoisotopic (exact) mass is 229 g/mol. The smallest absolute Gasteiger partial charge is 0.307 e. The molecule has 1 aliphatic rings. The molecule has 1 aliphatic carbocycles. The van der Waals surface area contributed by atoms with E-state index in [0.29, 0.717) is 19.4 Å². The average molecular weight is 229 g/mol. The molecule has 16 heavy (non-hydrogen) atoms. The van der Waals surface area contributed by atoms with E-state index in [1.807, 2.05) is 6.92 Å². The molecule has 0 spiro atoms. The number of nitrogens with one attached hydrogen (secondary N) is 1. The average Bonchev–Trinajstić information content (AvgIpc) is 3.03. The Hall–Kier alpha value is -1.10. The minimum absolute atomic E-state index is 0.121. The van der Waals surface area contributed by atoms with Gasteiger partial charge in [0.15, 0.2) is 0 Å². The van der Waals surface area contributed by atoms with Crippen molar-refractivity contribution >= 4 is 11.9 Å². The highest BCUT2D eigenvalue weighted by atomic mass is 16.4. The van der Waals surface area contributed by atoms with E-state index in [2.05, 4.69) is 5.32 Å². The van der Waals surface area contributed by atoms with Gasteiger partial charge in [0.1, 0.15) is 0 Å². The number of aliphatic hydroxyl groups excluding tert-OH is 1. The lowest BCUT2D eigenvalue weighted by Crippen LogP contribution is -2.31. The quantitative estimate of drug-likeness (QED) is 0.583. The molecule has 0 saturated heterocycles. The van der Waals surface area contributed by atoms with Crippen LogP contribution in [-0.4, -0.2) is 35.2 Å². The van der Waals surface area contributed by atoms with Gasteiger partial charge in [0, 0.05) is 13.2 Å². The van der Waals surface area contributed by atoms with Crippen LogP contribution in [0.15, 0.2) is 0 Å². The fourth-order valence-electron chi connectivity index (χ4n) is 1.77. The zero-order chi connectivity index (χ0) is 12.1. The highest BCUT2D eigenvalue weighted by Crippen LogP contribution is 2.38. The molecular formula is C11H19NO4. The van der Waals surface area contributed by atoms with Crippen LogP contribution in [0.2, 0.25) is 0 Å². The highest BCUT2D eigenvalue weighted by molar-refractivity contribution is 5.89. The van der Waals surface area contributed by atoms with Crippen LogP contribution in [0.25, 0.3) is 0 Å². The molecular weight excluding hydrogens is 210 g/mol. The number of carbonyl (C=O) groups excluding carboxylic acids is 1. The summed E-state index contributed by atoms with van der Waals surface area (Å²) in [5.41, 5.74) is 0. The predicted molar refractivity (Wildman–Crippen MR) is 57.7 cm³/mol. The Kier molecular flexibility index (Phi) is 4.73. The van der Waals surface area contributed by atoms with Crippen molar-refractivity contribution in [3.8, 4) is 0 Å². The van der Waals surface area contributed by atoms with E-state index in [1.54, 1.807) is 0 Å². The van der Waals surface area contributed by atoms with Crippen molar-refractivity contribution in [2.45, 2.75) is 26.2 Å². The molecule has 0 heterocycles. The first-order valence-corrected chi connectivity index (χ1v) is 5.71. The van der Waals surface area contributed by atoms with Crippen molar-refractivity contribution in [2.75, 3.05) is 13.2 Å². The fraction of sp³-hybridized carbons (Fsp3) is 0.818. The second-order valence-electron chi connectivity index (χ2n) is 4.32. The van der Waals surface area contributed by atoms with Gasteiger partial charge < -0.3 is 15.5 Å². The molecule has 5 nitrogen and oxygen atoms in total. The highest BCUT2D eigenvalue weighted by Gasteiger charge is 2.48. The minimum Gasteiger partial charge on any atom is -0.481 e. The Balaban J connectivity index is 2.23. The summed E-state index contributed by atoms with van der Waals surface area (Å²) in [5, 5.41) is 20.2. The molecule has 3 N–H and O–H groups in total. The zero-order valence-corrected chi connectivity index (χ0v) is 9.48. The number of carbonyl (C=O) groups is 2. The number of amides is 1. The van der Waals surface area contributed by atoms with Gasteiger partial charge in [0.25, 0.3) is 0 Å². The van der Waals surface area contributed by atoms with Crippen LogP contribution in [0.4, 0.5) is 0 Å². The Morgan fingerprint density at radius 1 is 1.44 bits per heavy atom. The SMILES string of the molecule is CCC(CCO)CNC(=O)[C@@H]1C[C@@H]1C(=O)O. The van der Waals surface area contributed by atoms with E-state index in [-0.39, 0.29) is 24.3 Å². The number of aliphatic carboxylic acids is 1.